The number of hydrogen-bond donors (Lipinski definition) is 2. The maximum atomic E-state index is 11.2. The van der Waals surface area contributed by atoms with Gasteiger partial charge in [-0.05, 0) is 88.6 Å². The Kier molecular flexibility index (Phi) is 9.98. The molecule has 2 N–H and O–H groups in total. The average Bonchev–Trinajstić information content (AvgIpc) is 3.34. The number of piperidine rings is 1. The van der Waals surface area contributed by atoms with Gasteiger partial charge in [-0.3, -0.25) is 4.90 Å². The van der Waals surface area contributed by atoms with Gasteiger partial charge >= 0.3 is 0 Å². The lowest BCUT2D eigenvalue weighted by Gasteiger charge is -2.37. The van der Waals surface area contributed by atoms with Gasteiger partial charge in [-0.2, -0.15) is 0 Å². The zero-order chi connectivity index (χ0) is 25.7. The van der Waals surface area contributed by atoms with Crippen LogP contribution in [0.2, 0.25) is 0 Å². The number of aliphatic hydroxyl groups excluding tert-OH is 1. The van der Waals surface area contributed by atoms with Crippen molar-refractivity contribution in [3.8, 4) is 5.75 Å². The highest BCUT2D eigenvalue weighted by Crippen LogP contribution is 2.39. The van der Waals surface area contributed by atoms with Crippen molar-refractivity contribution < 1.29 is 9.84 Å². The van der Waals surface area contributed by atoms with E-state index in [1.807, 2.05) is 12.3 Å². The molecule has 0 bridgehead atoms. The number of ether oxygens (including phenoxy) is 1. The van der Waals surface area contributed by atoms with Gasteiger partial charge in [0.05, 0.1) is 17.5 Å². The van der Waals surface area contributed by atoms with Crippen LogP contribution >= 0.6 is 23.1 Å². The van der Waals surface area contributed by atoms with Gasteiger partial charge in [0.25, 0.3) is 0 Å². The molecule has 2 fully saturated rings. The van der Waals surface area contributed by atoms with Gasteiger partial charge in [0, 0.05) is 36.1 Å². The molecule has 6 nitrogen and oxygen atoms in total. The molecule has 4 rings (SSSR count). The fourth-order valence-electron chi connectivity index (χ4n) is 5.61. The minimum Gasteiger partial charge on any atom is -0.496 e. The molecular weight excluding hydrogens is 488 g/mol. The van der Waals surface area contributed by atoms with E-state index in [4.69, 9.17) is 4.74 Å². The fraction of sp³-hybridized carbons (Fsp3) is 0.679. The van der Waals surface area contributed by atoms with Crippen molar-refractivity contribution >= 4 is 28.2 Å². The van der Waals surface area contributed by atoms with Crippen LogP contribution in [-0.4, -0.2) is 66.8 Å². The summed E-state index contributed by atoms with van der Waals surface area (Å²) in [7, 11) is 6.07. The molecule has 1 aliphatic carbocycles. The van der Waals surface area contributed by atoms with Crippen molar-refractivity contribution in [3.63, 3.8) is 0 Å². The molecule has 0 radical (unpaired) electrons. The molecule has 1 unspecified atom stereocenters. The quantitative estimate of drug-likeness (QED) is 0.378. The summed E-state index contributed by atoms with van der Waals surface area (Å²) in [5, 5.41) is 15.8. The molecule has 2 aromatic rings. The minimum absolute atomic E-state index is 0.644. The van der Waals surface area contributed by atoms with E-state index in [0.717, 1.165) is 75.9 Å². The Balaban J connectivity index is 1.33. The smallest absolute Gasteiger partial charge is 0.183 e. The number of anilines is 1. The number of aromatic nitrogens is 1. The molecule has 1 saturated carbocycles. The second-order valence-corrected chi connectivity index (χ2v) is 13.4. The number of aliphatic hydroxyl groups is 1. The number of hydrogen-bond acceptors (Lipinski definition) is 8. The van der Waals surface area contributed by atoms with Crippen LogP contribution in [0.3, 0.4) is 0 Å². The van der Waals surface area contributed by atoms with Crippen LogP contribution in [-0.2, 0) is 0 Å². The van der Waals surface area contributed by atoms with Gasteiger partial charge in [0.1, 0.15) is 12.0 Å². The van der Waals surface area contributed by atoms with E-state index in [-0.39, 0.29) is 0 Å². The number of methoxy groups -OCH3 is 1. The Morgan fingerprint density at radius 3 is 2.53 bits per heavy atom. The molecule has 200 valence electrons. The van der Waals surface area contributed by atoms with Crippen molar-refractivity contribution in [2.24, 2.45) is 17.8 Å². The Morgan fingerprint density at radius 1 is 1.17 bits per heavy atom. The molecule has 0 amide bonds. The molecule has 36 heavy (non-hydrogen) atoms. The number of benzene rings is 1. The zero-order valence-corrected chi connectivity index (χ0v) is 24.2. The Hall–Kier alpha value is -1.32. The normalized spacial score (nSPS) is 22.8. The first-order valence-electron chi connectivity index (χ1n) is 13.5. The molecule has 1 aromatic heterocycles. The molecular formula is C28H44N4O2S2. The predicted octanol–water partition coefficient (Wildman–Crippen LogP) is 6.19. The van der Waals surface area contributed by atoms with Crippen molar-refractivity contribution in [1.82, 2.24) is 14.8 Å². The highest BCUT2D eigenvalue weighted by molar-refractivity contribution is 8.01. The first-order valence-corrected chi connectivity index (χ1v) is 15.1. The molecule has 1 saturated heterocycles. The van der Waals surface area contributed by atoms with Crippen LogP contribution < -0.4 is 10.1 Å². The lowest BCUT2D eigenvalue weighted by atomic mass is 9.85. The summed E-state index contributed by atoms with van der Waals surface area (Å²) < 4.78 is 6.77. The van der Waals surface area contributed by atoms with Gasteiger partial charge in [0.15, 0.2) is 5.13 Å². The molecule has 1 aliphatic heterocycles. The number of likely N-dealkylation sites (tertiary alicyclic amines) is 1. The second-order valence-electron chi connectivity index (χ2n) is 11.0. The highest BCUT2D eigenvalue weighted by Gasteiger charge is 2.28. The monoisotopic (exact) mass is 532 g/mol. The zero-order valence-electron chi connectivity index (χ0n) is 22.6. The first-order chi connectivity index (χ1) is 17.3. The number of nitrogens with zero attached hydrogens (tertiary/aromatic N) is 3. The summed E-state index contributed by atoms with van der Waals surface area (Å²) in [5.74, 6) is 2.93. The van der Waals surface area contributed by atoms with E-state index >= 15 is 0 Å². The molecule has 2 aliphatic rings. The SMILES string of the molecule is COc1ccc(Sc2cnc(NCC3CCC(N(C)C)CC3)s2)cc1C(O)N1CCC(C(C)C)CC1. The van der Waals surface area contributed by atoms with Crippen LogP contribution in [0.15, 0.2) is 33.5 Å². The van der Waals surface area contributed by atoms with E-state index in [1.54, 1.807) is 30.2 Å². The van der Waals surface area contributed by atoms with Crippen molar-refractivity contribution in [3.05, 3.63) is 30.0 Å². The van der Waals surface area contributed by atoms with Crippen molar-refractivity contribution in [1.29, 1.82) is 0 Å². The van der Waals surface area contributed by atoms with E-state index in [9.17, 15) is 5.11 Å². The summed E-state index contributed by atoms with van der Waals surface area (Å²) in [6.07, 6.45) is 8.74. The molecule has 0 spiro atoms. The van der Waals surface area contributed by atoms with Crippen molar-refractivity contribution in [2.75, 3.05) is 46.2 Å². The van der Waals surface area contributed by atoms with Crippen LogP contribution in [0, 0.1) is 17.8 Å². The summed E-state index contributed by atoms with van der Waals surface area (Å²) in [4.78, 5) is 10.3. The third kappa shape index (κ3) is 7.16. The highest BCUT2D eigenvalue weighted by atomic mass is 32.2. The van der Waals surface area contributed by atoms with E-state index < -0.39 is 6.23 Å². The van der Waals surface area contributed by atoms with Gasteiger partial charge < -0.3 is 20.1 Å². The van der Waals surface area contributed by atoms with Gasteiger partial charge in [-0.15, -0.1) is 0 Å². The maximum absolute atomic E-state index is 11.2. The summed E-state index contributed by atoms with van der Waals surface area (Å²) in [6.45, 7) is 7.45. The van der Waals surface area contributed by atoms with E-state index in [1.165, 1.54) is 25.7 Å². The van der Waals surface area contributed by atoms with Gasteiger partial charge in [-0.1, -0.05) is 36.9 Å². The maximum Gasteiger partial charge on any atom is 0.183 e. The molecule has 1 atom stereocenters. The Labute approximate surface area is 225 Å². The lowest BCUT2D eigenvalue weighted by molar-refractivity contribution is -0.0244. The van der Waals surface area contributed by atoms with Crippen LogP contribution in [0.25, 0.3) is 0 Å². The number of rotatable bonds is 10. The Morgan fingerprint density at radius 2 is 1.89 bits per heavy atom. The minimum atomic E-state index is -0.644. The van der Waals surface area contributed by atoms with Crippen LogP contribution in [0.5, 0.6) is 5.75 Å². The second kappa shape index (κ2) is 13.0. The third-order valence-electron chi connectivity index (χ3n) is 8.13. The first kappa shape index (κ1) is 27.7. The third-order valence-corrected chi connectivity index (χ3v) is 10.2. The molecule has 1 aromatic carbocycles. The van der Waals surface area contributed by atoms with E-state index in [0.29, 0.717) is 5.92 Å². The van der Waals surface area contributed by atoms with Gasteiger partial charge in [-0.25, -0.2) is 4.98 Å². The van der Waals surface area contributed by atoms with Crippen molar-refractivity contribution in [2.45, 2.75) is 73.7 Å². The average molecular weight is 533 g/mol. The number of nitrogens with one attached hydrogen (secondary N) is 1. The van der Waals surface area contributed by atoms with Crippen LogP contribution in [0.4, 0.5) is 5.13 Å². The summed E-state index contributed by atoms with van der Waals surface area (Å²) >= 11 is 3.41. The summed E-state index contributed by atoms with van der Waals surface area (Å²) in [6, 6.07) is 6.87. The summed E-state index contributed by atoms with van der Waals surface area (Å²) in [5.41, 5.74) is 0.849. The van der Waals surface area contributed by atoms with Crippen LogP contribution in [0.1, 0.15) is 64.2 Å². The predicted molar refractivity (Wildman–Crippen MR) is 151 cm³/mol. The molecule has 2 heterocycles. The lowest BCUT2D eigenvalue weighted by Crippen LogP contribution is -2.38. The standard InChI is InChI=1S/C28H44N4O2S2/c1-19(2)21-12-14-32(15-13-21)27(33)24-16-23(10-11-25(24)34-5)35-26-18-30-28(36-26)29-17-20-6-8-22(9-7-20)31(3)4/h10-11,16,18-22,27,33H,6-9,12-15,17H2,1-5H3,(H,29,30). The van der Waals surface area contributed by atoms with Gasteiger partial charge in [0.2, 0.25) is 0 Å². The number of thiazole rings is 1. The largest absolute Gasteiger partial charge is 0.496 e. The molecule has 8 heteroatoms. The Bertz CT molecular complexity index is 951. The van der Waals surface area contributed by atoms with E-state index in [2.05, 4.69) is 60.2 Å². The topological polar surface area (TPSA) is 60.9 Å². The fourth-order valence-corrected chi connectivity index (χ4v) is 7.52.